The SMILES string of the molecule is CC(C)c1nnsc1C(=O)NCCCCCBr. The minimum Gasteiger partial charge on any atom is -0.351 e. The van der Waals surface area contributed by atoms with E-state index in [-0.39, 0.29) is 11.8 Å². The summed E-state index contributed by atoms with van der Waals surface area (Å²) in [6, 6.07) is 0. The first-order chi connectivity index (χ1) is 8.16. The Balaban J connectivity index is 2.39. The van der Waals surface area contributed by atoms with Crippen molar-refractivity contribution in [2.24, 2.45) is 0 Å². The Morgan fingerprint density at radius 2 is 2.18 bits per heavy atom. The lowest BCUT2D eigenvalue weighted by atomic mass is 10.1. The molecule has 1 N–H and O–H groups in total. The van der Waals surface area contributed by atoms with E-state index in [1.165, 1.54) is 11.5 Å². The number of carbonyl (C=O) groups is 1. The molecule has 0 unspecified atom stereocenters. The van der Waals surface area contributed by atoms with Crippen molar-refractivity contribution >= 4 is 33.4 Å². The molecule has 1 aromatic rings. The Kier molecular flexibility index (Phi) is 6.65. The third-order valence-electron chi connectivity index (χ3n) is 2.36. The molecule has 1 amide bonds. The van der Waals surface area contributed by atoms with Gasteiger partial charge in [-0.05, 0) is 30.3 Å². The second-order valence-electron chi connectivity index (χ2n) is 4.15. The first-order valence-electron chi connectivity index (χ1n) is 5.83. The zero-order chi connectivity index (χ0) is 12.7. The highest BCUT2D eigenvalue weighted by atomic mass is 79.9. The van der Waals surface area contributed by atoms with Gasteiger partial charge in [0.1, 0.15) is 4.88 Å². The molecule has 0 aliphatic rings. The number of nitrogens with one attached hydrogen (secondary N) is 1. The van der Waals surface area contributed by atoms with Crippen LogP contribution in [0.25, 0.3) is 0 Å². The molecular formula is C11H18BrN3OS. The smallest absolute Gasteiger partial charge is 0.264 e. The van der Waals surface area contributed by atoms with Crippen LogP contribution in [0.5, 0.6) is 0 Å². The van der Waals surface area contributed by atoms with Crippen molar-refractivity contribution in [1.29, 1.82) is 0 Å². The van der Waals surface area contributed by atoms with Crippen LogP contribution in [-0.2, 0) is 0 Å². The third kappa shape index (κ3) is 4.71. The number of unbranched alkanes of at least 4 members (excludes halogenated alkanes) is 2. The summed E-state index contributed by atoms with van der Waals surface area (Å²) in [4.78, 5) is 12.5. The molecule has 0 saturated carbocycles. The summed E-state index contributed by atoms with van der Waals surface area (Å²) >= 11 is 4.56. The molecular weight excluding hydrogens is 302 g/mol. The predicted octanol–water partition coefficient (Wildman–Crippen LogP) is 2.96. The standard InChI is InChI=1S/C11H18BrN3OS/c1-8(2)9-10(17-15-14-9)11(16)13-7-5-3-4-6-12/h8H,3-7H2,1-2H3,(H,13,16). The van der Waals surface area contributed by atoms with Gasteiger partial charge < -0.3 is 5.32 Å². The maximum atomic E-state index is 11.9. The second kappa shape index (κ2) is 7.76. The van der Waals surface area contributed by atoms with Gasteiger partial charge in [0.05, 0.1) is 5.69 Å². The molecule has 0 radical (unpaired) electrons. The molecule has 1 aromatic heterocycles. The van der Waals surface area contributed by atoms with Gasteiger partial charge in [-0.2, -0.15) is 0 Å². The van der Waals surface area contributed by atoms with Gasteiger partial charge in [-0.15, -0.1) is 5.10 Å². The van der Waals surface area contributed by atoms with Crippen molar-refractivity contribution in [2.75, 3.05) is 11.9 Å². The summed E-state index contributed by atoms with van der Waals surface area (Å²) < 4.78 is 3.85. The first kappa shape index (κ1) is 14.6. The molecule has 0 fully saturated rings. The fourth-order valence-corrected chi connectivity index (χ4v) is 2.54. The zero-order valence-corrected chi connectivity index (χ0v) is 12.6. The number of aromatic nitrogens is 2. The van der Waals surface area contributed by atoms with E-state index in [0.717, 1.165) is 36.8 Å². The Hall–Kier alpha value is -0.490. The van der Waals surface area contributed by atoms with Crippen molar-refractivity contribution < 1.29 is 4.79 Å². The summed E-state index contributed by atoms with van der Waals surface area (Å²) in [5.74, 6) is 0.199. The zero-order valence-electron chi connectivity index (χ0n) is 10.2. The van der Waals surface area contributed by atoms with Crippen molar-refractivity contribution in [1.82, 2.24) is 14.9 Å². The number of halogens is 1. The Bertz CT molecular complexity index is 354. The van der Waals surface area contributed by atoms with Crippen LogP contribution >= 0.6 is 27.5 Å². The van der Waals surface area contributed by atoms with Crippen LogP contribution in [0, 0.1) is 0 Å². The Labute approximate surface area is 114 Å². The number of rotatable bonds is 7. The molecule has 0 aliphatic heterocycles. The number of hydrogen-bond donors (Lipinski definition) is 1. The molecule has 96 valence electrons. The van der Waals surface area contributed by atoms with Crippen LogP contribution in [0.2, 0.25) is 0 Å². The molecule has 6 heteroatoms. The molecule has 1 heterocycles. The van der Waals surface area contributed by atoms with Gasteiger partial charge in [-0.25, -0.2) is 0 Å². The van der Waals surface area contributed by atoms with Crippen LogP contribution in [0.3, 0.4) is 0 Å². The number of hydrogen-bond acceptors (Lipinski definition) is 4. The molecule has 0 aromatic carbocycles. The van der Waals surface area contributed by atoms with Gasteiger partial charge in [0.2, 0.25) is 0 Å². The maximum absolute atomic E-state index is 11.9. The third-order valence-corrected chi connectivity index (χ3v) is 3.66. The van der Waals surface area contributed by atoms with Crippen LogP contribution in [0.15, 0.2) is 0 Å². The highest BCUT2D eigenvalue weighted by Crippen LogP contribution is 2.19. The Morgan fingerprint density at radius 3 is 2.82 bits per heavy atom. The van der Waals surface area contributed by atoms with Crippen molar-refractivity contribution in [3.05, 3.63) is 10.6 Å². The van der Waals surface area contributed by atoms with Gasteiger partial charge in [-0.1, -0.05) is 40.7 Å². The lowest BCUT2D eigenvalue weighted by Gasteiger charge is -2.05. The highest BCUT2D eigenvalue weighted by molar-refractivity contribution is 9.09. The molecule has 4 nitrogen and oxygen atoms in total. The van der Waals surface area contributed by atoms with E-state index in [2.05, 4.69) is 30.8 Å². The Morgan fingerprint density at radius 1 is 1.41 bits per heavy atom. The van der Waals surface area contributed by atoms with Crippen LogP contribution in [-0.4, -0.2) is 27.4 Å². The van der Waals surface area contributed by atoms with Crippen molar-refractivity contribution in [3.63, 3.8) is 0 Å². The monoisotopic (exact) mass is 319 g/mol. The number of nitrogens with zero attached hydrogens (tertiary/aromatic N) is 2. The first-order valence-corrected chi connectivity index (χ1v) is 7.72. The minimum absolute atomic E-state index is 0.0393. The fraction of sp³-hybridized carbons (Fsp3) is 0.727. The summed E-state index contributed by atoms with van der Waals surface area (Å²) in [7, 11) is 0. The lowest BCUT2D eigenvalue weighted by molar-refractivity contribution is 0.0955. The average Bonchev–Trinajstić information content (AvgIpc) is 2.77. The number of amides is 1. The van der Waals surface area contributed by atoms with Gasteiger partial charge in [0.25, 0.3) is 5.91 Å². The topological polar surface area (TPSA) is 54.9 Å². The van der Waals surface area contributed by atoms with Crippen molar-refractivity contribution in [2.45, 2.75) is 39.0 Å². The average molecular weight is 320 g/mol. The molecule has 0 bridgehead atoms. The van der Waals surface area contributed by atoms with Gasteiger partial charge >= 0.3 is 0 Å². The maximum Gasteiger partial charge on any atom is 0.264 e. The summed E-state index contributed by atoms with van der Waals surface area (Å²) in [5.41, 5.74) is 0.799. The molecule has 1 rings (SSSR count). The lowest BCUT2D eigenvalue weighted by Crippen LogP contribution is -2.24. The van der Waals surface area contributed by atoms with Crippen molar-refractivity contribution in [3.8, 4) is 0 Å². The minimum atomic E-state index is -0.0393. The molecule has 0 aliphatic carbocycles. The largest absolute Gasteiger partial charge is 0.351 e. The van der Waals surface area contributed by atoms with E-state index in [0.29, 0.717) is 4.88 Å². The fourth-order valence-electron chi connectivity index (χ4n) is 1.41. The van der Waals surface area contributed by atoms with E-state index >= 15 is 0 Å². The molecule has 17 heavy (non-hydrogen) atoms. The molecule has 0 saturated heterocycles. The van der Waals surface area contributed by atoms with E-state index in [4.69, 9.17) is 0 Å². The van der Waals surface area contributed by atoms with Gasteiger partial charge in [0, 0.05) is 11.9 Å². The predicted molar refractivity (Wildman–Crippen MR) is 74.0 cm³/mol. The van der Waals surface area contributed by atoms with E-state index in [1.807, 2.05) is 13.8 Å². The van der Waals surface area contributed by atoms with Crippen LogP contribution in [0.4, 0.5) is 0 Å². The summed E-state index contributed by atoms with van der Waals surface area (Å²) in [6.07, 6.45) is 3.29. The van der Waals surface area contributed by atoms with Crippen LogP contribution in [0.1, 0.15) is 54.4 Å². The van der Waals surface area contributed by atoms with E-state index < -0.39 is 0 Å². The summed E-state index contributed by atoms with van der Waals surface area (Å²) in [5, 5.41) is 7.94. The number of alkyl halides is 1. The van der Waals surface area contributed by atoms with E-state index in [1.54, 1.807) is 0 Å². The quantitative estimate of drug-likeness (QED) is 0.621. The highest BCUT2D eigenvalue weighted by Gasteiger charge is 2.17. The second-order valence-corrected chi connectivity index (χ2v) is 5.69. The summed E-state index contributed by atoms with van der Waals surface area (Å²) in [6.45, 7) is 4.76. The van der Waals surface area contributed by atoms with Gasteiger partial charge in [-0.3, -0.25) is 4.79 Å². The van der Waals surface area contributed by atoms with E-state index in [9.17, 15) is 4.79 Å². The normalized spacial score (nSPS) is 10.8. The molecule has 0 spiro atoms. The van der Waals surface area contributed by atoms with Crippen LogP contribution < -0.4 is 5.32 Å². The van der Waals surface area contributed by atoms with Gasteiger partial charge in [0.15, 0.2) is 0 Å². The number of carbonyl (C=O) groups excluding carboxylic acids is 1. The molecule has 0 atom stereocenters.